The van der Waals surface area contributed by atoms with Gasteiger partial charge in [0.25, 0.3) is 0 Å². The van der Waals surface area contributed by atoms with Gasteiger partial charge in [-0.25, -0.2) is 0 Å². The number of hydrogen-bond acceptors (Lipinski definition) is 2. The highest BCUT2D eigenvalue weighted by Crippen LogP contribution is 2.25. The van der Waals surface area contributed by atoms with Gasteiger partial charge in [0, 0.05) is 12.0 Å². The summed E-state index contributed by atoms with van der Waals surface area (Å²) in [6.07, 6.45) is 5.77. The Bertz CT molecular complexity index is 146. The molecule has 0 N–H and O–H groups in total. The average Bonchev–Trinajstić information content (AvgIpc) is 2.21. The molecule has 0 spiro atoms. The maximum Gasteiger partial charge on any atom is 0.123 e. The lowest BCUT2D eigenvalue weighted by Crippen LogP contribution is -2.37. The van der Waals surface area contributed by atoms with Crippen LogP contribution in [0.1, 0.15) is 39.5 Å². The number of hydrogen-bond donors (Lipinski definition) is 0. The van der Waals surface area contributed by atoms with Crippen molar-refractivity contribution in [1.82, 2.24) is 4.90 Å². The van der Waals surface area contributed by atoms with Gasteiger partial charge in [-0.1, -0.05) is 13.8 Å². The van der Waals surface area contributed by atoms with Crippen LogP contribution in [0.4, 0.5) is 0 Å². The Labute approximate surface area is 81.3 Å². The topological polar surface area (TPSA) is 20.3 Å². The van der Waals surface area contributed by atoms with Crippen molar-refractivity contribution in [1.29, 1.82) is 0 Å². The van der Waals surface area contributed by atoms with Crippen molar-refractivity contribution in [2.24, 2.45) is 5.92 Å². The van der Waals surface area contributed by atoms with E-state index in [1.807, 2.05) is 0 Å². The standard InChI is InChI=1S/C11H21NO/c1-3-12(4-2)11-7-5-10(9-13)6-8-11/h9-11H,3-8H2,1-2H3/t10-,11+. The molecule has 1 saturated carbocycles. The van der Waals surface area contributed by atoms with E-state index in [2.05, 4.69) is 18.7 Å². The van der Waals surface area contributed by atoms with E-state index < -0.39 is 0 Å². The third-order valence-corrected chi connectivity index (χ3v) is 3.26. The number of carbonyl (C=O) groups excluding carboxylic acids is 1. The zero-order valence-electron chi connectivity index (χ0n) is 8.83. The lowest BCUT2D eigenvalue weighted by molar-refractivity contribution is -0.112. The monoisotopic (exact) mass is 183 g/mol. The first-order valence-electron chi connectivity index (χ1n) is 5.51. The Hall–Kier alpha value is -0.370. The van der Waals surface area contributed by atoms with Gasteiger partial charge in [-0.2, -0.15) is 0 Å². The zero-order valence-corrected chi connectivity index (χ0v) is 8.83. The van der Waals surface area contributed by atoms with Crippen LogP contribution in [0.5, 0.6) is 0 Å². The molecule has 0 unspecified atom stereocenters. The van der Waals surface area contributed by atoms with Gasteiger partial charge in [0.1, 0.15) is 6.29 Å². The molecule has 0 saturated heterocycles. The van der Waals surface area contributed by atoms with Gasteiger partial charge in [-0.05, 0) is 38.8 Å². The molecule has 0 aliphatic heterocycles. The molecule has 1 fully saturated rings. The van der Waals surface area contributed by atoms with Gasteiger partial charge in [0.2, 0.25) is 0 Å². The van der Waals surface area contributed by atoms with Crippen LogP contribution >= 0.6 is 0 Å². The molecule has 0 aromatic heterocycles. The van der Waals surface area contributed by atoms with Gasteiger partial charge in [0.15, 0.2) is 0 Å². The molecule has 0 atom stereocenters. The van der Waals surface area contributed by atoms with Gasteiger partial charge in [-0.3, -0.25) is 0 Å². The largest absolute Gasteiger partial charge is 0.303 e. The van der Waals surface area contributed by atoms with E-state index in [-0.39, 0.29) is 0 Å². The lowest BCUT2D eigenvalue weighted by atomic mass is 9.86. The number of carbonyl (C=O) groups is 1. The molecule has 1 aliphatic rings. The molecule has 0 radical (unpaired) electrons. The minimum Gasteiger partial charge on any atom is -0.303 e. The Balaban J connectivity index is 2.34. The minimum absolute atomic E-state index is 0.354. The summed E-state index contributed by atoms with van der Waals surface area (Å²) in [6.45, 7) is 6.73. The summed E-state index contributed by atoms with van der Waals surface area (Å²) in [5, 5.41) is 0. The highest BCUT2D eigenvalue weighted by molar-refractivity contribution is 5.53. The van der Waals surface area contributed by atoms with E-state index >= 15 is 0 Å². The molecule has 0 aromatic rings. The molecule has 13 heavy (non-hydrogen) atoms. The second-order valence-electron chi connectivity index (χ2n) is 3.93. The number of nitrogens with zero attached hydrogens (tertiary/aromatic N) is 1. The highest BCUT2D eigenvalue weighted by atomic mass is 16.1. The predicted molar refractivity (Wildman–Crippen MR) is 54.7 cm³/mol. The Morgan fingerprint density at radius 2 is 1.69 bits per heavy atom. The van der Waals surface area contributed by atoms with Crippen molar-refractivity contribution in [3.05, 3.63) is 0 Å². The maximum absolute atomic E-state index is 10.6. The van der Waals surface area contributed by atoms with Crippen molar-refractivity contribution >= 4 is 6.29 Å². The first-order chi connectivity index (χ1) is 6.31. The summed E-state index contributed by atoms with van der Waals surface area (Å²) in [5.74, 6) is 0.354. The van der Waals surface area contributed by atoms with Crippen LogP contribution in [0.3, 0.4) is 0 Å². The molecule has 2 nitrogen and oxygen atoms in total. The average molecular weight is 183 g/mol. The fraction of sp³-hybridized carbons (Fsp3) is 0.909. The third-order valence-electron chi connectivity index (χ3n) is 3.26. The predicted octanol–water partition coefficient (Wildman–Crippen LogP) is 2.09. The van der Waals surface area contributed by atoms with Crippen LogP contribution in [0.2, 0.25) is 0 Å². The Morgan fingerprint density at radius 1 is 1.15 bits per heavy atom. The van der Waals surface area contributed by atoms with Gasteiger partial charge in [-0.15, -0.1) is 0 Å². The quantitative estimate of drug-likeness (QED) is 0.622. The smallest absolute Gasteiger partial charge is 0.123 e. The van der Waals surface area contributed by atoms with E-state index in [1.54, 1.807) is 0 Å². The molecule has 76 valence electrons. The van der Waals surface area contributed by atoms with E-state index in [9.17, 15) is 4.79 Å². The third kappa shape index (κ3) is 2.80. The van der Waals surface area contributed by atoms with Crippen molar-refractivity contribution in [2.45, 2.75) is 45.6 Å². The second kappa shape index (κ2) is 5.38. The van der Waals surface area contributed by atoms with Crippen molar-refractivity contribution < 1.29 is 4.79 Å². The molecule has 1 rings (SSSR count). The summed E-state index contributed by atoms with van der Waals surface area (Å²) in [4.78, 5) is 13.1. The highest BCUT2D eigenvalue weighted by Gasteiger charge is 2.23. The summed E-state index contributed by atoms with van der Waals surface area (Å²) in [7, 11) is 0. The first-order valence-corrected chi connectivity index (χ1v) is 5.51. The molecule has 1 aliphatic carbocycles. The van der Waals surface area contributed by atoms with E-state index in [0.29, 0.717) is 5.92 Å². The molecule has 0 heterocycles. The Kier molecular flexibility index (Phi) is 4.43. The SMILES string of the molecule is CCN(CC)[C@H]1CC[C@@H](C=O)CC1. The lowest BCUT2D eigenvalue weighted by Gasteiger charge is -2.34. The van der Waals surface area contributed by atoms with Crippen molar-refractivity contribution in [3.8, 4) is 0 Å². The van der Waals surface area contributed by atoms with Crippen LogP contribution in [-0.4, -0.2) is 30.3 Å². The van der Waals surface area contributed by atoms with Crippen LogP contribution in [0.25, 0.3) is 0 Å². The van der Waals surface area contributed by atoms with Gasteiger partial charge < -0.3 is 9.69 Å². The van der Waals surface area contributed by atoms with E-state index in [0.717, 1.165) is 38.3 Å². The molecule has 0 aromatic carbocycles. The van der Waals surface area contributed by atoms with Gasteiger partial charge >= 0.3 is 0 Å². The Morgan fingerprint density at radius 3 is 2.08 bits per heavy atom. The van der Waals surface area contributed by atoms with Crippen LogP contribution in [-0.2, 0) is 4.79 Å². The van der Waals surface area contributed by atoms with Gasteiger partial charge in [0.05, 0.1) is 0 Å². The summed E-state index contributed by atoms with van der Waals surface area (Å²) >= 11 is 0. The molecular weight excluding hydrogens is 162 g/mol. The molecule has 2 heteroatoms. The van der Waals surface area contributed by atoms with Crippen LogP contribution in [0.15, 0.2) is 0 Å². The zero-order chi connectivity index (χ0) is 9.68. The van der Waals surface area contributed by atoms with Crippen LogP contribution in [0, 0.1) is 5.92 Å². The second-order valence-corrected chi connectivity index (χ2v) is 3.93. The fourth-order valence-corrected chi connectivity index (χ4v) is 2.34. The minimum atomic E-state index is 0.354. The van der Waals surface area contributed by atoms with E-state index in [1.165, 1.54) is 12.8 Å². The normalized spacial score (nSPS) is 29.2. The summed E-state index contributed by atoms with van der Waals surface area (Å²) in [6, 6.07) is 0.742. The summed E-state index contributed by atoms with van der Waals surface area (Å²) in [5.41, 5.74) is 0. The first kappa shape index (κ1) is 10.7. The molecular formula is C11H21NO. The van der Waals surface area contributed by atoms with E-state index in [4.69, 9.17) is 0 Å². The van der Waals surface area contributed by atoms with Crippen LogP contribution < -0.4 is 0 Å². The summed E-state index contributed by atoms with van der Waals surface area (Å²) < 4.78 is 0. The fourth-order valence-electron chi connectivity index (χ4n) is 2.34. The molecule has 0 amide bonds. The van der Waals surface area contributed by atoms with Crippen molar-refractivity contribution in [3.63, 3.8) is 0 Å². The maximum atomic E-state index is 10.6. The number of rotatable bonds is 4. The number of aldehydes is 1. The van der Waals surface area contributed by atoms with Crippen molar-refractivity contribution in [2.75, 3.05) is 13.1 Å². The molecule has 0 bridgehead atoms.